The fraction of sp³-hybridized carbons (Fsp3) is 0.263. The maximum atomic E-state index is 12.0. The van der Waals surface area contributed by atoms with E-state index in [0.717, 1.165) is 16.7 Å². The van der Waals surface area contributed by atoms with Crippen LogP contribution in [0.5, 0.6) is 11.5 Å². The number of phenolic OH excluding ortho intramolecular Hbond substituents is 1. The zero-order valence-corrected chi connectivity index (χ0v) is 16.6. The van der Waals surface area contributed by atoms with Gasteiger partial charge in [0.15, 0.2) is 11.5 Å². The van der Waals surface area contributed by atoms with Crippen LogP contribution in [0.3, 0.4) is 0 Å². The second kappa shape index (κ2) is 8.84. The van der Waals surface area contributed by atoms with Gasteiger partial charge in [-0.05, 0) is 77.7 Å². The number of nitrogens with one attached hydrogen (secondary N) is 1. The molecule has 5 nitrogen and oxygen atoms in total. The molecule has 0 saturated carbocycles. The predicted octanol–water partition coefficient (Wildman–Crippen LogP) is 3.71. The molecule has 2 aromatic rings. The molecule has 6 heteroatoms. The van der Waals surface area contributed by atoms with E-state index in [4.69, 9.17) is 4.74 Å². The summed E-state index contributed by atoms with van der Waals surface area (Å²) in [6, 6.07) is 9.41. The Balaban J connectivity index is 2.00. The molecule has 0 atom stereocenters. The molecule has 0 heterocycles. The maximum absolute atomic E-state index is 12.0. The molecule has 1 amide bonds. The Labute approximate surface area is 161 Å². The zero-order valence-electron chi connectivity index (χ0n) is 14.5. The highest BCUT2D eigenvalue weighted by Gasteiger charge is 2.08. The number of aryl methyl sites for hydroxylation is 2. The van der Waals surface area contributed by atoms with Crippen LogP contribution in [0.25, 0.3) is 0 Å². The van der Waals surface area contributed by atoms with Crippen LogP contribution in [0.2, 0.25) is 0 Å². The lowest BCUT2D eigenvalue weighted by Crippen LogP contribution is -2.19. The van der Waals surface area contributed by atoms with Crippen molar-refractivity contribution in [2.24, 2.45) is 5.10 Å². The first-order valence-corrected chi connectivity index (χ1v) is 9.02. The van der Waals surface area contributed by atoms with Crippen LogP contribution in [0.15, 0.2) is 35.4 Å². The summed E-state index contributed by atoms with van der Waals surface area (Å²) in [5.41, 5.74) is 6.58. The van der Waals surface area contributed by atoms with Gasteiger partial charge in [0.25, 0.3) is 0 Å². The van der Waals surface area contributed by atoms with Crippen LogP contribution >= 0.6 is 22.6 Å². The number of carbonyl (C=O) groups excluding carboxylic acids is 1. The second-order valence-electron chi connectivity index (χ2n) is 5.67. The number of carbonyl (C=O) groups is 1. The predicted molar refractivity (Wildman–Crippen MR) is 107 cm³/mol. The van der Waals surface area contributed by atoms with E-state index in [1.54, 1.807) is 12.1 Å². The third-order valence-corrected chi connectivity index (χ3v) is 4.51. The number of nitrogens with zero attached hydrogens (tertiary/aromatic N) is 1. The molecule has 25 heavy (non-hydrogen) atoms. The van der Waals surface area contributed by atoms with E-state index in [9.17, 15) is 9.90 Å². The minimum atomic E-state index is -0.182. The largest absolute Gasteiger partial charge is 0.504 e. The number of phenols is 1. The molecule has 0 aliphatic heterocycles. The van der Waals surface area contributed by atoms with Gasteiger partial charge in [0.05, 0.1) is 22.8 Å². The molecule has 132 valence electrons. The number of benzene rings is 2. The minimum Gasteiger partial charge on any atom is -0.504 e. The number of hydrogen-bond donors (Lipinski definition) is 2. The molecule has 2 N–H and O–H groups in total. The van der Waals surface area contributed by atoms with Crippen molar-refractivity contribution in [3.05, 3.63) is 56.2 Å². The highest BCUT2D eigenvalue weighted by atomic mass is 127. The minimum absolute atomic E-state index is 0.110. The van der Waals surface area contributed by atoms with E-state index in [0.29, 0.717) is 15.9 Å². The summed E-state index contributed by atoms with van der Waals surface area (Å²) in [7, 11) is 0. The Morgan fingerprint density at radius 1 is 1.28 bits per heavy atom. The molecule has 0 bridgehead atoms. The number of rotatable bonds is 6. The lowest BCUT2D eigenvalue weighted by Gasteiger charge is -2.08. The molecule has 0 spiro atoms. The number of aromatic hydroxyl groups is 1. The summed E-state index contributed by atoms with van der Waals surface area (Å²) in [6.45, 7) is 6.37. The van der Waals surface area contributed by atoms with Gasteiger partial charge in [0.2, 0.25) is 5.91 Å². The van der Waals surface area contributed by atoms with E-state index < -0.39 is 0 Å². The maximum Gasteiger partial charge on any atom is 0.244 e. The summed E-state index contributed by atoms with van der Waals surface area (Å²) in [4.78, 5) is 12.0. The molecule has 0 aliphatic rings. The van der Waals surface area contributed by atoms with E-state index in [1.807, 2.05) is 61.6 Å². The van der Waals surface area contributed by atoms with Crippen molar-refractivity contribution in [3.63, 3.8) is 0 Å². The first kappa shape index (κ1) is 19.2. The molecule has 0 saturated heterocycles. The third kappa shape index (κ3) is 5.45. The van der Waals surface area contributed by atoms with E-state index >= 15 is 0 Å². The Kier molecular flexibility index (Phi) is 6.81. The SMILES string of the molecule is CCOc1cc(/C=N/NC(=O)Cc2ccc(C)c(C)c2)cc(I)c1O. The number of halogens is 1. The van der Waals surface area contributed by atoms with Crippen molar-refractivity contribution in [2.75, 3.05) is 6.61 Å². The zero-order chi connectivity index (χ0) is 18.4. The first-order chi connectivity index (χ1) is 11.9. The molecule has 0 aromatic heterocycles. The number of amides is 1. The van der Waals surface area contributed by atoms with Gasteiger partial charge in [-0.25, -0.2) is 5.43 Å². The van der Waals surface area contributed by atoms with Gasteiger partial charge in [0.1, 0.15) is 0 Å². The summed E-state index contributed by atoms with van der Waals surface area (Å²) in [5.74, 6) is 0.327. The van der Waals surface area contributed by atoms with Gasteiger partial charge >= 0.3 is 0 Å². The van der Waals surface area contributed by atoms with Crippen LogP contribution in [-0.4, -0.2) is 23.8 Å². The average molecular weight is 452 g/mol. The van der Waals surface area contributed by atoms with Gasteiger partial charge in [-0.3, -0.25) is 4.79 Å². The molecule has 2 aromatic carbocycles. The molecule has 2 rings (SSSR count). The fourth-order valence-electron chi connectivity index (χ4n) is 2.25. The fourth-order valence-corrected chi connectivity index (χ4v) is 2.88. The van der Waals surface area contributed by atoms with Crippen molar-refractivity contribution in [3.8, 4) is 11.5 Å². The number of hydrazone groups is 1. The van der Waals surface area contributed by atoms with Crippen LogP contribution in [0.4, 0.5) is 0 Å². The standard InChI is InChI=1S/C19H21IN2O3/c1-4-25-17-9-15(8-16(20)19(17)24)11-21-22-18(23)10-14-6-5-12(2)13(3)7-14/h5-9,11,24H,4,10H2,1-3H3,(H,22,23)/b21-11+. The third-order valence-electron chi connectivity index (χ3n) is 3.69. The monoisotopic (exact) mass is 452 g/mol. The Bertz CT molecular complexity index is 803. The molecule has 0 aliphatic carbocycles. The smallest absolute Gasteiger partial charge is 0.244 e. The Hall–Kier alpha value is -2.09. The lowest BCUT2D eigenvalue weighted by molar-refractivity contribution is -0.120. The van der Waals surface area contributed by atoms with Crippen molar-refractivity contribution in [1.29, 1.82) is 0 Å². The van der Waals surface area contributed by atoms with Crippen LogP contribution < -0.4 is 10.2 Å². The van der Waals surface area contributed by atoms with Gasteiger partial charge in [-0.2, -0.15) is 5.10 Å². The summed E-state index contributed by atoms with van der Waals surface area (Å²) in [5, 5.41) is 13.9. The van der Waals surface area contributed by atoms with Crippen molar-refractivity contribution in [1.82, 2.24) is 5.43 Å². The lowest BCUT2D eigenvalue weighted by atomic mass is 10.0. The van der Waals surface area contributed by atoms with E-state index in [-0.39, 0.29) is 18.1 Å². The average Bonchev–Trinajstić information content (AvgIpc) is 2.56. The Morgan fingerprint density at radius 2 is 2.04 bits per heavy atom. The summed E-state index contributed by atoms with van der Waals surface area (Å²) >= 11 is 2.02. The van der Waals surface area contributed by atoms with Crippen LogP contribution in [0, 0.1) is 17.4 Å². The van der Waals surface area contributed by atoms with Gasteiger partial charge in [0, 0.05) is 0 Å². The molecular formula is C19H21IN2O3. The number of hydrogen-bond acceptors (Lipinski definition) is 4. The van der Waals surface area contributed by atoms with E-state index in [1.165, 1.54) is 11.8 Å². The molecule has 0 unspecified atom stereocenters. The normalized spacial score (nSPS) is 10.9. The summed E-state index contributed by atoms with van der Waals surface area (Å²) in [6.07, 6.45) is 1.80. The summed E-state index contributed by atoms with van der Waals surface area (Å²) < 4.78 is 6.04. The highest BCUT2D eigenvalue weighted by molar-refractivity contribution is 14.1. The molecular weight excluding hydrogens is 431 g/mol. The topological polar surface area (TPSA) is 70.9 Å². The molecule has 0 radical (unpaired) electrons. The van der Waals surface area contributed by atoms with Gasteiger partial charge in [-0.15, -0.1) is 0 Å². The van der Waals surface area contributed by atoms with Crippen LogP contribution in [0.1, 0.15) is 29.2 Å². The van der Waals surface area contributed by atoms with Gasteiger partial charge < -0.3 is 9.84 Å². The first-order valence-electron chi connectivity index (χ1n) is 7.94. The number of ether oxygens (including phenoxy) is 1. The van der Waals surface area contributed by atoms with Crippen molar-refractivity contribution in [2.45, 2.75) is 27.2 Å². The quantitative estimate of drug-likeness (QED) is 0.399. The molecule has 0 fully saturated rings. The van der Waals surface area contributed by atoms with Gasteiger partial charge in [-0.1, -0.05) is 18.2 Å². The van der Waals surface area contributed by atoms with Crippen molar-refractivity contribution < 1.29 is 14.6 Å². The second-order valence-corrected chi connectivity index (χ2v) is 6.83. The Morgan fingerprint density at radius 3 is 2.72 bits per heavy atom. The highest BCUT2D eigenvalue weighted by Crippen LogP contribution is 2.32. The van der Waals surface area contributed by atoms with Crippen LogP contribution in [-0.2, 0) is 11.2 Å². The van der Waals surface area contributed by atoms with Crippen molar-refractivity contribution >= 4 is 34.7 Å². The van der Waals surface area contributed by atoms with E-state index in [2.05, 4.69) is 10.5 Å².